The van der Waals surface area contributed by atoms with Crippen LogP contribution in [0.3, 0.4) is 0 Å². The predicted octanol–water partition coefficient (Wildman–Crippen LogP) is -3.79. The Labute approximate surface area is 161 Å². The minimum atomic E-state index is 0. The van der Waals surface area contributed by atoms with Crippen LogP contribution < -0.4 is 103 Å². The topological polar surface area (TPSA) is 12.9 Å². The smallest absolute Gasteiger partial charge is 0.334 e. The molecular weight excluding hydrogens is 220 g/mol. The SMILES string of the molecule is Cc1nc2[c-]cc[c-]c2s1.[K+].[K+]. The van der Waals surface area contributed by atoms with E-state index in [9.17, 15) is 0 Å². The van der Waals surface area contributed by atoms with Gasteiger partial charge in [-0.3, -0.25) is 24.3 Å². The minimum Gasteiger partial charge on any atom is -0.334 e. The van der Waals surface area contributed by atoms with Gasteiger partial charge in [0.2, 0.25) is 0 Å². The first-order valence-electron chi connectivity index (χ1n) is 3.02. The van der Waals surface area contributed by atoms with E-state index in [0.29, 0.717) is 0 Å². The normalized spacial score (nSPS) is 8.75. The van der Waals surface area contributed by atoms with Crippen LogP contribution in [0.2, 0.25) is 0 Å². The van der Waals surface area contributed by atoms with Gasteiger partial charge in [0.1, 0.15) is 0 Å². The molecule has 1 nitrogen and oxygen atoms in total. The molecule has 0 amide bonds. The molecule has 0 bridgehead atoms. The van der Waals surface area contributed by atoms with E-state index in [-0.39, 0.29) is 103 Å². The summed E-state index contributed by atoms with van der Waals surface area (Å²) >= 11 is 1.65. The second-order valence-corrected chi connectivity index (χ2v) is 3.24. The van der Waals surface area contributed by atoms with Gasteiger partial charge >= 0.3 is 103 Å². The van der Waals surface area contributed by atoms with Gasteiger partial charge < -0.3 is 4.98 Å². The molecule has 50 valence electrons. The van der Waals surface area contributed by atoms with Gasteiger partial charge in [-0.15, -0.1) is 5.52 Å². The van der Waals surface area contributed by atoms with Crippen LogP contribution in [0.1, 0.15) is 5.01 Å². The van der Waals surface area contributed by atoms with Gasteiger partial charge in [-0.05, 0) is 6.92 Å². The Bertz CT molecular complexity index is 326. The van der Waals surface area contributed by atoms with Gasteiger partial charge in [0.25, 0.3) is 0 Å². The van der Waals surface area contributed by atoms with Crippen molar-refractivity contribution < 1.29 is 103 Å². The third-order valence-corrected chi connectivity index (χ3v) is 2.15. The summed E-state index contributed by atoms with van der Waals surface area (Å²) in [5.41, 5.74) is 0.935. The molecule has 0 N–H and O–H groups in total. The Hall–Kier alpha value is 2.38. The Balaban J connectivity index is 0.000000605. The third-order valence-electron chi connectivity index (χ3n) is 1.25. The van der Waals surface area contributed by atoms with Crippen molar-refractivity contribution in [3.05, 3.63) is 29.3 Å². The molecule has 0 fully saturated rings. The van der Waals surface area contributed by atoms with Crippen LogP contribution in [-0.4, -0.2) is 4.98 Å². The molecule has 0 unspecified atom stereocenters. The molecule has 0 saturated carbocycles. The Kier molecular flexibility index (Phi) is 8.14. The maximum atomic E-state index is 4.24. The predicted molar refractivity (Wildman–Crippen MR) is 42.0 cm³/mol. The van der Waals surface area contributed by atoms with Crippen molar-refractivity contribution in [3.8, 4) is 0 Å². The molecule has 0 saturated heterocycles. The molecule has 1 aromatic carbocycles. The second kappa shape index (κ2) is 6.79. The third kappa shape index (κ3) is 3.51. The fourth-order valence-electron chi connectivity index (χ4n) is 0.861. The molecule has 0 radical (unpaired) electrons. The van der Waals surface area contributed by atoms with Gasteiger partial charge in [-0.25, -0.2) is 11.3 Å². The van der Waals surface area contributed by atoms with Crippen LogP contribution in [0.4, 0.5) is 0 Å². The van der Waals surface area contributed by atoms with E-state index in [0.717, 1.165) is 15.2 Å². The molecule has 4 heteroatoms. The first kappa shape index (κ1) is 14.4. The number of hydrogen-bond acceptors (Lipinski definition) is 2. The van der Waals surface area contributed by atoms with Crippen molar-refractivity contribution in [1.29, 1.82) is 0 Å². The average molecular weight is 225 g/mol. The summed E-state index contributed by atoms with van der Waals surface area (Å²) in [6.45, 7) is 1.99. The molecule has 12 heavy (non-hydrogen) atoms. The maximum absolute atomic E-state index is 4.24. The van der Waals surface area contributed by atoms with Gasteiger partial charge in [-0.2, -0.15) is 4.70 Å². The van der Waals surface area contributed by atoms with E-state index in [1.165, 1.54) is 0 Å². The molecule has 2 aromatic rings. The fourth-order valence-corrected chi connectivity index (χ4v) is 1.62. The minimum absolute atomic E-state index is 0. The van der Waals surface area contributed by atoms with Crippen LogP contribution in [0, 0.1) is 19.1 Å². The maximum Gasteiger partial charge on any atom is 1.00 e. The Morgan fingerprint density at radius 3 is 2.58 bits per heavy atom. The molecule has 1 heterocycles. The number of aryl methyl sites for hydroxylation is 1. The number of fused-ring (bicyclic) bond motifs is 1. The van der Waals surface area contributed by atoms with E-state index in [4.69, 9.17) is 0 Å². The summed E-state index contributed by atoms with van der Waals surface area (Å²) in [5, 5.41) is 1.08. The zero-order chi connectivity index (χ0) is 6.97. The van der Waals surface area contributed by atoms with Crippen molar-refractivity contribution >= 4 is 21.6 Å². The Morgan fingerprint density at radius 1 is 1.25 bits per heavy atom. The first-order chi connectivity index (χ1) is 4.86. The molecular formula is C8H5K2NS. The molecule has 0 aliphatic carbocycles. The monoisotopic (exact) mass is 225 g/mol. The number of rotatable bonds is 0. The Morgan fingerprint density at radius 2 is 1.92 bits per heavy atom. The standard InChI is InChI=1S/C8H5NS.2K/c1-6-9-7-4-2-3-5-8(7)10-6;;/h2-3H,1H3;;/q-2;2*+1. The summed E-state index contributed by atoms with van der Waals surface area (Å²) in [6, 6.07) is 9.83. The van der Waals surface area contributed by atoms with E-state index >= 15 is 0 Å². The van der Waals surface area contributed by atoms with E-state index in [1.54, 1.807) is 11.3 Å². The number of thiazole rings is 1. The summed E-state index contributed by atoms with van der Waals surface area (Å²) < 4.78 is 1.10. The van der Waals surface area contributed by atoms with E-state index in [2.05, 4.69) is 17.1 Å². The van der Waals surface area contributed by atoms with Crippen molar-refractivity contribution in [1.82, 2.24) is 4.98 Å². The summed E-state index contributed by atoms with van der Waals surface area (Å²) in [5.74, 6) is 0. The number of hydrogen-bond donors (Lipinski definition) is 0. The number of nitrogens with zero attached hydrogens (tertiary/aromatic N) is 1. The summed E-state index contributed by atoms with van der Waals surface area (Å²) in [6.07, 6.45) is 0. The van der Waals surface area contributed by atoms with E-state index in [1.807, 2.05) is 19.1 Å². The molecule has 1 aromatic heterocycles. The van der Waals surface area contributed by atoms with Crippen molar-refractivity contribution in [3.63, 3.8) is 0 Å². The molecule has 0 aliphatic rings. The first-order valence-corrected chi connectivity index (χ1v) is 3.83. The second-order valence-electron chi connectivity index (χ2n) is 2.03. The molecule has 2 rings (SSSR count). The van der Waals surface area contributed by atoms with Gasteiger partial charge in [0, 0.05) is 0 Å². The molecule has 0 spiro atoms. The van der Waals surface area contributed by atoms with Crippen molar-refractivity contribution in [2.45, 2.75) is 6.92 Å². The van der Waals surface area contributed by atoms with Crippen LogP contribution in [0.25, 0.3) is 10.2 Å². The molecule has 0 aliphatic heterocycles. The van der Waals surface area contributed by atoms with Crippen LogP contribution in [0.15, 0.2) is 12.1 Å². The fraction of sp³-hybridized carbons (Fsp3) is 0.125. The van der Waals surface area contributed by atoms with Gasteiger partial charge in [-0.1, -0.05) is 0 Å². The molecule has 0 atom stereocenters. The van der Waals surface area contributed by atoms with Crippen molar-refractivity contribution in [2.75, 3.05) is 0 Å². The van der Waals surface area contributed by atoms with Crippen LogP contribution >= 0.6 is 11.3 Å². The van der Waals surface area contributed by atoms with Gasteiger partial charge in [0.05, 0.1) is 5.01 Å². The quantitative estimate of drug-likeness (QED) is 0.331. The zero-order valence-electron chi connectivity index (χ0n) is 7.51. The summed E-state index contributed by atoms with van der Waals surface area (Å²) in [4.78, 5) is 4.24. The van der Waals surface area contributed by atoms with Crippen LogP contribution in [-0.2, 0) is 0 Å². The summed E-state index contributed by atoms with van der Waals surface area (Å²) in [7, 11) is 0. The zero-order valence-corrected chi connectivity index (χ0v) is 14.6. The van der Waals surface area contributed by atoms with Gasteiger partial charge in [0.15, 0.2) is 0 Å². The van der Waals surface area contributed by atoms with Crippen LogP contribution in [0.5, 0.6) is 0 Å². The number of aromatic nitrogens is 1. The number of benzene rings is 1. The largest absolute Gasteiger partial charge is 1.00 e. The van der Waals surface area contributed by atoms with E-state index < -0.39 is 0 Å². The average Bonchev–Trinajstić information content (AvgIpc) is 2.27. The van der Waals surface area contributed by atoms with Crippen molar-refractivity contribution in [2.24, 2.45) is 0 Å².